The first-order valence-electron chi connectivity index (χ1n) is 6.52. The second-order valence-corrected chi connectivity index (χ2v) is 5.00. The summed E-state index contributed by atoms with van der Waals surface area (Å²) in [6.45, 7) is -0.580. The van der Waals surface area contributed by atoms with Gasteiger partial charge in [-0.15, -0.1) is 0 Å². The van der Waals surface area contributed by atoms with Crippen LogP contribution in [0.25, 0.3) is 0 Å². The van der Waals surface area contributed by atoms with Crippen molar-refractivity contribution in [1.82, 2.24) is 0 Å². The number of ether oxygens (including phenoxy) is 2. The van der Waals surface area contributed by atoms with Crippen molar-refractivity contribution in [3.05, 3.63) is 17.7 Å². The summed E-state index contributed by atoms with van der Waals surface area (Å²) >= 11 is 0. The monoisotopic (exact) mass is 332 g/mol. The van der Waals surface area contributed by atoms with Crippen LogP contribution in [0.2, 0.25) is 0 Å². The van der Waals surface area contributed by atoms with Crippen LogP contribution in [-0.2, 0) is 9.47 Å². The highest BCUT2D eigenvalue weighted by Crippen LogP contribution is 2.35. The molecule has 1 aromatic rings. The van der Waals surface area contributed by atoms with Gasteiger partial charge in [0.2, 0.25) is 0 Å². The van der Waals surface area contributed by atoms with Gasteiger partial charge in [-0.05, 0) is 12.1 Å². The molecule has 7 N–H and O–H groups in total. The number of carbonyl (C=O) groups is 1. The van der Waals surface area contributed by atoms with Crippen LogP contribution in [0.4, 0.5) is 0 Å². The summed E-state index contributed by atoms with van der Waals surface area (Å²) in [5.41, 5.74) is -0.288. The SMILES string of the molecule is O=C(OC[C@@H]1O[C@@H](O)[C@H](O)[C@@H](O)[C@@H]1O)c1cc(O)c(O)c(O)c1. The van der Waals surface area contributed by atoms with Crippen molar-refractivity contribution in [2.75, 3.05) is 6.61 Å². The molecule has 0 bridgehead atoms. The second-order valence-electron chi connectivity index (χ2n) is 5.00. The van der Waals surface area contributed by atoms with E-state index < -0.39 is 60.5 Å². The molecule has 2 rings (SSSR count). The first kappa shape index (κ1) is 17.2. The van der Waals surface area contributed by atoms with Crippen LogP contribution in [0, 0.1) is 0 Å². The Balaban J connectivity index is 2.02. The molecule has 128 valence electrons. The van der Waals surface area contributed by atoms with Crippen LogP contribution in [0.15, 0.2) is 12.1 Å². The Morgan fingerprint density at radius 1 is 1.00 bits per heavy atom. The van der Waals surface area contributed by atoms with Crippen molar-refractivity contribution < 1.29 is 50.0 Å². The second kappa shape index (κ2) is 6.56. The number of rotatable bonds is 3. The molecule has 1 heterocycles. The van der Waals surface area contributed by atoms with Crippen molar-refractivity contribution >= 4 is 5.97 Å². The highest BCUT2D eigenvalue weighted by Gasteiger charge is 2.43. The standard InChI is InChI=1S/C13H16O10/c14-5-1-4(2-6(15)8(5)16)12(20)22-3-7-9(17)10(18)11(19)13(21)23-7/h1-2,7,9-11,13-19,21H,3H2/t7-,9+,10-,11+,13+/m0/s1. The first-order chi connectivity index (χ1) is 10.7. The van der Waals surface area contributed by atoms with Gasteiger partial charge in [0.05, 0.1) is 5.56 Å². The number of hydrogen-bond acceptors (Lipinski definition) is 10. The lowest BCUT2D eigenvalue weighted by atomic mass is 9.99. The largest absolute Gasteiger partial charge is 0.504 e. The fraction of sp³-hybridized carbons (Fsp3) is 0.462. The van der Waals surface area contributed by atoms with E-state index in [1.165, 1.54) is 0 Å². The highest BCUT2D eigenvalue weighted by atomic mass is 16.6. The summed E-state index contributed by atoms with van der Waals surface area (Å²) in [6, 6.07) is 1.70. The Hall–Kier alpha value is -2.11. The molecule has 0 aromatic heterocycles. The molecule has 23 heavy (non-hydrogen) atoms. The maximum absolute atomic E-state index is 11.8. The van der Waals surface area contributed by atoms with Crippen LogP contribution in [0.1, 0.15) is 10.4 Å². The van der Waals surface area contributed by atoms with E-state index in [0.717, 1.165) is 12.1 Å². The zero-order chi connectivity index (χ0) is 17.3. The van der Waals surface area contributed by atoms with Gasteiger partial charge in [0.1, 0.15) is 31.0 Å². The van der Waals surface area contributed by atoms with Crippen LogP contribution in [0.3, 0.4) is 0 Å². The summed E-state index contributed by atoms with van der Waals surface area (Å²) in [5.74, 6) is -3.30. The molecule has 0 amide bonds. The molecule has 0 saturated carbocycles. The molecule has 1 aliphatic rings. The molecule has 5 atom stereocenters. The van der Waals surface area contributed by atoms with E-state index in [1.54, 1.807) is 0 Å². The van der Waals surface area contributed by atoms with Crippen molar-refractivity contribution in [3.8, 4) is 17.2 Å². The summed E-state index contributed by atoms with van der Waals surface area (Å²) in [5, 5.41) is 65.6. The van der Waals surface area contributed by atoms with Crippen LogP contribution in [-0.4, -0.2) is 79.0 Å². The van der Waals surface area contributed by atoms with Gasteiger partial charge in [-0.25, -0.2) is 4.79 Å². The van der Waals surface area contributed by atoms with Crippen LogP contribution >= 0.6 is 0 Å². The molecule has 0 radical (unpaired) electrons. The van der Waals surface area contributed by atoms with E-state index in [0.29, 0.717) is 0 Å². The van der Waals surface area contributed by atoms with Gasteiger partial charge in [0, 0.05) is 0 Å². The van der Waals surface area contributed by atoms with Gasteiger partial charge in [0.15, 0.2) is 23.5 Å². The van der Waals surface area contributed by atoms with E-state index >= 15 is 0 Å². The third-order valence-electron chi connectivity index (χ3n) is 3.37. The predicted molar refractivity (Wildman–Crippen MR) is 70.6 cm³/mol. The van der Waals surface area contributed by atoms with E-state index in [-0.39, 0.29) is 5.56 Å². The van der Waals surface area contributed by atoms with E-state index in [1.807, 2.05) is 0 Å². The number of esters is 1. The normalized spacial score (nSPS) is 30.9. The summed E-state index contributed by atoms with van der Waals surface area (Å²) < 4.78 is 9.60. The van der Waals surface area contributed by atoms with Crippen molar-refractivity contribution in [2.45, 2.75) is 30.7 Å². The number of aliphatic hydroxyl groups excluding tert-OH is 4. The molecule has 1 fully saturated rings. The van der Waals surface area contributed by atoms with Crippen LogP contribution in [0.5, 0.6) is 17.2 Å². The van der Waals surface area contributed by atoms with Gasteiger partial charge in [-0.3, -0.25) is 0 Å². The summed E-state index contributed by atoms with van der Waals surface area (Å²) in [6.07, 6.45) is -8.07. The average molecular weight is 332 g/mol. The number of aliphatic hydroxyl groups is 4. The van der Waals surface area contributed by atoms with Crippen molar-refractivity contribution in [2.24, 2.45) is 0 Å². The van der Waals surface area contributed by atoms with Gasteiger partial charge < -0.3 is 45.2 Å². The summed E-state index contributed by atoms with van der Waals surface area (Å²) in [7, 11) is 0. The number of aromatic hydroxyl groups is 3. The van der Waals surface area contributed by atoms with Gasteiger partial charge in [0.25, 0.3) is 0 Å². The predicted octanol–water partition coefficient (Wildman–Crippen LogP) is -2.24. The topological polar surface area (TPSA) is 177 Å². The number of hydrogen-bond donors (Lipinski definition) is 7. The molecule has 0 unspecified atom stereocenters. The molecule has 10 heteroatoms. The number of carbonyl (C=O) groups excluding carboxylic acids is 1. The fourth-order valence-electron chi connectivity index (χ4n) is 2.03. The van der Waals surface area contributed by atoms with Crippen LogP contribution < -0.4 is 0 Å². The molecule has 1 aromatic carbocycles. The maximum atomic E-state index is 11.8. The zero-order valence-electron chi connectivity index (χ0n) is 11.6. The first-order valence-corrected chi connectivity index (χ1v) is 6.52. The lowest BCUT2D eigenvalue weighted by Crippen LogP contribution is -2.58. The minimum Gasteiger partial charge on any atom is -0.504 e. The Kier molecular flexibility index (Phi) is 4.92. The number of phenolic OH excluding ortho intramolecular Hbond substituents is 3. The summed E-state index contributed by atoms with van der Waals surface area (Å²) in [4.78, 5) is 11.8. The number of phenols is 3. The van der Waals surface area contributed by atoms with Crippen molar-refractivity contribution in [3.63, 3.8) is 0 Å². The smallest absolute Gasteiger partial charge is 0.338 e. The molecular weight excluding hydrogens is 316 g/mol. The minimum absolute atomic E-state index is 0.288. The number of benzene rings is 1. The van der Waals surface area contributed by atoms with Crippen molar-refractivity contribution in [1.29, 1.82) is 0 Å². The van der Waals surface area contributed by atoms with E-state index in [4.69, 9.17) is 9.47 Å². The molecular formula is C13H16O10. The average Bonchev–Trinajstić information content (AvgIpc) is 2.51. The molecule has 1 aliphatic heterocycles. The quantitative estimate of drug-likeness (QED) is 0.236. The zero-order valence-corrected chi connectivity index (χ0v) is 11.6. The minimum atomic E-state index is -1.76. The fourth-order valence-corrected chi connectivity index (χ4v) is 2.03. The van der Waals surface area contributed by atoms with E-state index in [9.17, 15) is 40.5 Å². The Morgan fingerprint density at radius 3 is 2.13 bits per heavy atom. The molecule has 0 aliphatic carbocycles. The molecule has 10 nitrogen and oxygen atoms in total. The Labute approximate surface area is 129 Å². The maximum Gasteiger partial charge on any atom is 0.338 e. The van der Waals surface area contributed by atoms with E-state index in [2.05, 4.69) is 0 Å². The lowest BCUT2D eigenvalue weighted by Gasteiger charge is -2.37. The molecule has 1 saturated heterocycles. The third kappa shape index (κ3) is 3.46. The highest BCUT2D eigenvalue weighted by molar-refractivity contribution is 5.91. The van der Waals surface area contributed by atoms with Gasteiger partial charge in [-0.1, -0.05) is 0 Å². The van der Waals surface area contributed by atoms with Gasteiger partial charge >= 0.3 is 5.97 Å². The van der Waals surface area contributed by atoms with Gasteiger partial charge in [-0.2, -0.15) is 0 Å². The Morgan fingerprint density at radius 2 is 1.57 bits per heavy atom. The Bertz CT molecular complexity index is 565. The lowest BCUT2D eigenvalue weighted by molar-refractivity contribution is -0.286. The third-order valence-corrected chi connectivity index (χ3v) is 3.37. The molecule has 0 spiro atoms.